The average molecular weight is 289 g/mol. The summed E-state index contributed by atoms with van der Waals surface area (Å²) in [4.78, 5) is 0. The summed E-state index contributed by atoms with van der Waals surface area (Å²) in [5.41, 5.74) is 11.0. The van der Waals surface area contributed by atoms with Gasteiger partial charge in [-0.15, -0.1) is 0 Å². The van der Waals surface area contributed by atoms with Crippen LogP contribution in [0.4, 0.5) is 0 Å². The molecule has 2 N–H and O–H groups in total. The number of rotatable bonds is 7. The molecule has 21 heavy (non-hydrogen) atoms. The second kappa shape index (κ2) is 6.89. The highest BCUT2D eigenvalue weighted by Gasteiger charge is 2.17. The van der Waals surface area contributed by atoms with Crippen LogP contribution in [-0.4, -0.2) is 25.6 Å². The zero-order valence-corrected chi connectivity index (χ0v) is 13.6. The molecule has 0 aliphatic carbocycles. The molecule has 0 radical (unpaired) electrons. The summed E-state index contributed by atoms with van der Waals surface area (Å²) >= 11 is 0. The van der Waals surface area contributed by atoms with E-state index in [0.29, 0.717) is 0 Å². The van der Waals surface area contributed by atoms with Crippen molar-refractivity contribution in [2.45, 2.75) is 66.1 Å². The van der Waals surface area contributed by atoms with Crippen molar-refractivity contribution in [3.05, 3.63) is 34.9 Å². The maximum atomic E-state index is 6.00. The van der Waals surface area contributed by atoms with Crippen LogP contribution in [0, 0.1) is 0 Å². The summed E-state index contributed by atoms with van der Waals surface area (Å²) in [7, 11) is 0. The molecular formula is C16H27N5. The van der Waals surface area contributed by atoms with Crippen LogP contribution in [-0.2, 0) is 32.4 Å². The molecule has 2 rings (SSSR count). The lowest BCUT2D eigenvalue weighted by atomic mass is 10.0. The van der Waals surface area contributed by atoms with Gasteiger partial charge in [0.05, 0.1) is 18.4 Å². The highest BCUT2D eigenvalue weighted by molar-refractivity contribution is 5.28. The van der Waals surface area contributed by atoms with Crippen LogP contribution < -0.4 is 5.73 Å². The fraction of sp³-hybridized carbons (Fsp3) is 0.625. The van der Waals surface area contributed by atoms with E-state index in [1.165, 1.54) is 22.5 Å². The Balaban J connectivity index is 2.31. The van der Waals surface area contributed by atoms with Gasteiger partial charge in [-0.25, -0.2) is 0 Å². The average Bonchev–Trinajstić information content (AvgIpc) is 3.03. The Kier molecular flexibility index (Phi) is 5.17. The lowest BCUT2D eigenvalue weighted by Crippen LogP contribution is -2.19. The van der Waals surface area contributed by atoms with Crippen molar-refractivity contribution < 1.29 is 0 Å². The van der Waals surface area contributed by atoms with E-state index in [2.05, 4.69) is 43.7 Å². The van der Waals surface area contributed by atoms with E-state index in [9.17, 15) is 0 Å². The number of hydrogen-bond acceptors (Lipinski definition) is 3. The van der Waals surface area contributed by atoms with Crippen LogP contribution in [0.15, 0.2) is 12.4 Å². The summed E-state index contributed by atoms with van der Waals surface area (Å²) in [6, 6.07) is 0.168. The summed E-state index contributed by atoms with van der Waals surface area (Å²) in [6.45, 7) is 10.2. The zero-order chi connectivity index (χ0) is 15.4. The van der Waals surface area contributed by atoms with Gasteiger partial charge < -0.3 is 5.73 Å². The minimum absolute atomic E-state index is 0.168. The van der Waals surface area contributed by atoms with Gasteiger partial charge in [0.25, 0.3) is 0 Å². The molecule has 5 heteroatoms. The summed E-state index contributed by atoms with van der Waals surface area (Å²) in [5.74, 6) is 0. The largest absolute Gasteiger partial charge is 0.328 e. The topological polar surface area (TPSA) is 61.7 Å². The van der Waals surface area contributed by atoms with Crippen LogP contribution in [0.25, 0.3) is 0 Å². The molecule has 0 amide bonds. The first-order valence-corrected chi connectivity index (χ1v) is 7.93. The first-order valence-electron chi connectivity index (χ1n) is 7.93. The molecule has 0 saturated heterocycles. The van der Waals surface area contributed by atoms with E-state index >= 15 is 0 Å². The number of aromatic nitrogens is 4. The molecule has 0 aliphatic heterocycles. The maximum Gasteiger partial charge on any atom is 0.0693 e. The molecule has 0 aromatic carbocycles. The van der Waals surface area contributed by atoms with Gasteiger partial charge in [0.1, 0.15) is 0 Å². The fourth-order valence-electron chi connectivity index (χ4n) is 2.79. The van der Waals surface area contributed by atoms with Crippen molar-refractivity contribution in [3.8, 4) is 0 Å². The number of nitrogens with two attached hydrogens (primary N) is 1. The molecule has 1 atom stereocenters. The molecule has 0 fully saturated rings. The van der Waals surface area contributed by atoms with Gasteiger partial charge in [0.2, 0.25) is 0 Å². The Bertz CT molecular complexity index is 580. The Morgan fingerprint density at radius 3 is 2.52 bits per heavy atom. The Morgan fingerprint density at radius 2 is 2.00 bits per heavy atom. The van der Waals surface area contributed by atoms with Gasteiger partial charge in [-0.05, 0) is 38.7 Å². The molecule has 2 heterocycles. The molecule has 0 spiro atoms. The van der Waals surface area contributed by atoms with Gasteiger partial charge in [-0.1, -0.05) is 13.8 Å². The van der Waals surface area contributed by atoms with Gasteiger partial charge in [0.15, 0.2) is 0 Å². The maximum absolute atomic E-state index is 6.00. The van der Waals surface area contributed by atoms with Gasteiger partial charge >= 0.3 is 0 Å². The Morgan fingerprint density at radius 1 is 1.24 bits per heavy atom. The van der Waals surface area contributed by atoms with Gasteiger partial charge in [-0.3, -0.25) is 9.36 Å². The molecular weight excluding hydrogens is 262 g/mol. The first kappa shape index (κ1) is 15.8. The van der Waals surface area contributed by atoms with E-state index < -0.39 is 0 Å². The van der Waals surface area contributed by atoms with Crippen LogP contribution in [0.1, 0.15) is 50.2 Å². The van der Waals surface area contributed by atoms with Crippen molar-refractivity contribution in [3.63, 3.8) is 0 Å². The lowest BCUT2D eigenvalue weighted by Gasteiger charge is -2.09. The SMILES string of the molecule is CCc1nn(Cc2cnn(CC)c2)c(CC)c1CC(C)N. The monoisotopic (exact) mass is 289 g/mol. The quantitative estimate of drug-likeness (QED) is 0.849. The highest BCUT2D eigenvalue weighted by Crippen LogP contribution is 2.19. The van der Waals surface area contributed by atoms with Crippen LogP contribution >= 0.6 is 0 Å². The number of hydrogen-bond donors (Lipinski definition) is 1. The Labute approximate surface area is 127 Å². The number of nitrogens with zero attached hydrogens (tertiary/aromatic N) is 4. The second-order valence-electron chi connectivity index (χ2n) is 5.62. The van der Waals surface area contributed by atoms with Crippen LogP contribution in [0.5, 0.6) is 0 Å². The molecule has 0 bridgehead atoms. The molecule has 116 valence electrons. The molecule has 2 aromatic heterocycles. The normalized spacial score (nSPS) is 12.8. The van der Waals surface area contributed by atoms with Crippen molar-refractivity contribution in [1.82, 2.24) is 19.6 Å². The fourth-order valence-corrected chi connectivity index (χ4v) is 2.79. The second-order valence-corrected chi connectivity index (χ2v) is 5.62. The van der Waals surface area contributed by atoms with E-state index in [4.69, 9.17) is 10.8 Å². The molecule has 0 aliphatic rings. The van der Waals surface area contributed by atoms with E-state index in [1.807, 2.05) is 10.9 Å². The predicted octanol–water partition coefficient (Wildman–Crippen LogP) is 2.16. The molecule has 0 saturated carbocycles. The van der Waals surface area contributed by atoms with Gasteiger partial charge in [-0.2, -0.15) is 10.2 Å². The standard InChI is InChI=1S/C16H27N5/c1-5-15-14(8-12(4)17)16(6-2)21(19-15)11-13-9-18-20(7-3)10-13/h9-10,12H,5-8,11,17H2,1-4H3. The van der Waals surface area contributed by atoms with Crippen molar-refractivity contribution >= 4 is 0 Å². The highest BCUT2D eigenvalue weighted by atomic mass is 15.3. The summed E-state index contributed by atoms with van der Waals surface area (Å²) in [5, 5.41) is 9.15. The molecule has 2 aromatic rings. The Hall–Kier alpha value is -1.62. The molecule has 5 nitrogen and oxygen atoms in total. The minimum Gasteiger partial charge on any atom is -0.328 e. The smallest absolute Gasteiger partial charge is 0.0693 e. The van der Waals surface area contributed by atoms with Crippen molar-refractivity contribution in [2.75, 3.05) is 0 Å². The predicted molar refractivity (Wildman–Crippen MR) is 85.3 cm³/mol. The summed E-state index contributed by atoms with van der Waals surface area (Å²) in [6.07, 6.45) is 6.87. The van der Waals surface area contributed by atoms with E-state index in [0.717, 1.165) is 32.4 Å². The third-order valence-corrected chi connectivity index (χ3v) is 3.79. The van der Waals surface area contributed by atoms with Gasteiger partial charge in [0, 0.05) is 30.0 Å². The third kappa shape index (κ3) is 3.53. The third-order valence-electron chi connectivity index (χ3n) is 3.79. The number of aryl methyl sites for hydroxylation is 2. The van der Waals surface area contributed by atoms with Crippen molar-refractivity contribution in [2.24, 2.45) is 5.73 Å². The minimum atomic E-state index is 0.168. The van der Waals surface area contributed by atoms with Crippen LogP contribution in [0.3, 0.4) is 0 Å². The summed E-state index contributed by atoms with van der Waals surface area (Å²) < 4.78 is 4.08. The first-order chi connectivity index (χ1) is 10.1. The lowest BCUT2D eigenvalue weighted by molar-refractivity contribution is 0.633. The van der Waals surface area contributed by atoms with Crippen molar-refractivity contribution in [1.29, 1.82) is 0 Å². The zero-order valence-electron chi connectivity index (χ0n) is 13.6. The van der Waals surface area contributed by atoms with E-state index in [-0.39, 0.29) is 6.04 Å². The molecule has 1 unspecified atom stereocenters. The van der Waals surface area contributed by atoms with Crippen LogP contribution in [0.2, 0.25) is 0 Å². The van der Waals surface area contributed by atoms with E-state index in [1.54, 1.807) is 0 Å².